The Morgan fingerprint density at radius 3 is 2.86 bits per heavy atom. The molecule has 2 unspecified atom stereocenters. The van der Waals surface area contributed by atoms with E-state index < -0.39 is 0 Å². The molecule has 1 aromatic carbocycles. The summed E-state index contributed by atoms with van der Waals surface area (Å²) in [7, 11) is 0. The SMILES string of the molecule is CC(c1ccc2c(c1)OCCO2)N1CCCCC1CCN. The largest absolute Gasteiger partial charge is 0.486 e. The maximum absolute atomic E-state index is 5.79. The first-order valence-electron chi connectivity index (χ1n) is 8.15. The molecule has 2 heterocycles. The maximum atomic E-state index is 5.79. The summed E-state index contributed by atoms with van der Waals surface area (Å²) in [5.74, 6) is 1.76. The van der Waals surface area contributed by atoms with Crippen molar-refractivity contribution in [3.05, 3.63) is 23.8 Å². The molecule has 0 aliphatic carbocycles. The van der Waals surface area contributed by atoms with E-state index in [9.17, 15) is 0 Å². The number of rotatable bonds is 4. The molecule has 0 bridgehead atoms. The molecule has 2 N–H and O–H groups in total. The number of likely N-dealkylation sites (tertiary alicyclic amines) is 1. The second kappa shape index (κ2) is 6.67. The highest BCUT2D eigenvalue weighted by molar-refractivity contribution is 5.44. The molecule has 1 fully saturated rings. The lowest BCUT2D eigenvalue weighted by molar-refractivity contribution is 0.0978. The summed E-state index contributed by atoms with van der Waals surface area (Å²) < 4.78 is 11.3. The van der Waals surface area contributed by atoms with Gasteiger partial charge in [-0.25, -0.2) is 0 Å². The van der Waals surface area contributed by atoms with Gasteiger partial charge in [0.25, 0.3) is 0 Å². The van der Waals surface area contributed by atoms with E-state index in [-0.39, 0.29) is 0 Å². The van der Waals surface area contributed by atoms with Crippen molar-refractivity contribution in [1.29, 1.82) is 0 Å². The van der Waals surface area contributed by atoms with Crippen molar-refractivity contribution in [1.82, 2.24) is 4.90 Å². The standard InChI is InChI=1S/C17H26N2O2/c1-13(19-9-3-2-4-15(19)7-8-18)14-5-6-16-17(12-14)21-11-10-20-16/h5-6,12-13,15H,2-4,7-11,18H2,1H3. The predicted octanol–water partition coefficient (Wildman–Crippen LogP) is 2.72. The molecule has 2 aliphatic rings. The lowest BCUT2D eigenvalue weighted by Crippen LogP contribution is -2.42. The molecule has 0 spiro atoms. The van der Waals surface area contributed by atoms with E-state index >= 15 is 0 Å². The zero-order chi connectivity index (χ0) is 14.7. The van der Waals surface area contributed by atoms with Crippen molar-refractivity contribution in [3.8, 4) is 11.5 Å². The molecule has 1 saturated heterocycles. The Bertz CT molecular complexity index is 476. The van der Waals surface area contributed by atoms with E-state index in [0.717, 1.165) is 24.5 Å². The molecular weight excluding hydrogens is 264 g/mol. The third kappa shape index (κ3) is 3.16. The smallest absolute Gasteiger partial charge is 0.161 e. The highest BCUT2D eigenvalue weighted by atomic mass is 16.6. The van der Waals surface area contributed by atoms with Crippen molar-refractivity contribution in [2.45, 2.75) is 44.7 Å². The van der Waals surface area contributed by atoms with Crippen LogP contribution in [0.15, 0.2) is 18.2 Å². The minimum atomic E-state index is 0.401. The van der Waals surface area contributed by atoms with Gasteiger partial charge >= 0.3 is 0 Å². The molecule has 1 aromatic rings. The molecule has 4 nitrogen and oxygen atoms in total. The van der Waals surface area contributed by atoms with Crippen LogP contribution in [-0.2, 0) is 0 Å². The lowest BCUT2D eigenvalue weighted by atomic mass is 9.95. The van der Waals surface area contributed by atoms with Crippen LogP contribution in [0.25, 0.3) is 0 Å². The number of hydrogen-bond donors (Lipinski definition) is 1. The number of piperidine rings is 1. The van der Waals surface area contributed by atoms with Crippen molar-refractivity contribution < 1.29 is 9.47 Å². The summed E-state index contributed by atoms with van der Waals surface area (Å²) in [5, 5.41) is 0. The summed E-state index contributed by atoms with van der Waals surface area (Å²) >= 11 is 0. The first kappa shape index (κ1) is 14.7. The van der Waals surface area contributed by atoms with Gasteiger partial charge in [0.2, 0.25) is 0 Å². The van der Waals surface area contributed by atoms with Crippen molar-refractivity contribution >= 4 is 0 Å². The lowest BCUT2D eigenvalue weighted by Gasteiger charge is -2.40. The highest BCUT2D eigenvalue weighted by Crippen LogP contribution is 2.36. The summed E-state index contributed by atoms with van der Waals surface area (Å²) in [4.78, 5) is 2.61. The Hall–Kier alpha value is -1.26. The van der Waals surface area contributed by atoms with Gasteiger partial charge < -0.3 is 15.2 Å². The number of ether oxygens (including phenoxy) is 2. The molecule has 4 heteroatoms. The molecule has 0 amide bonds. The third-order valence-corrected chi connectivity index (χ3v) is 4.72. The summed E-state index contributed by atoms with van der Waals surface area (Å²) in [6.07, 6.45) is 4.98. The number of nitrogens with two attached hydrogens (primary N) is 1. The van der Waals surface area contributed by atoms with Crippen LogP contribution in [0.5, 0.6) is 11.5 Å². The molecular formula is C17H26N2O2. The van der Waals surface area contributed by atoms with Crippen LogP contribution in [0.2, 0.25) is 0 Å². The zero-order valence-electron chi connectivity index (χ0n) is 12.9. The third-order valence-electron chi connectivity index (χ3n) is 4.72. The first-order valence-corrected chi connectivity index (χ1v) is 8.15. The second-order valence-corrected chi connectivity index (χ2v) is 6.04. The average Bonchev–Trinajstić information content (AvgIpc) is 2.54. The van der Waals surface area contributed by atoms with Crippen molar-refractivity contribution in [2.24, 2.45) is 5.73 Å². The second-order valence-electron chi connectivity index (χ2n) is 6.04. The minimum absolute atomic E-state index is 0.401. The van der Waals surface area contributed by atoms with Gasteiger partial charge in [0.1, 0.15) is 13.2 Å². The Balaban J connectivity index is 1.78. The average molecular weight is 290 g/mol. The van der Waals surface area contributed by atoms with Crippen molar-refractivity contribution in [2.75, 3.05) is 26.3 Å². The molecule has 2 aliphatic heterocycles. The van der Waals surface area contributed by atoms with Crippen LogP contribution in [-0.4, -0.2) is 37.2 Å². The quantitative estimate of drug-likeness (QED) is 0.926. The Labute approximate surface area is 127 Å². The molecule has 116 valence electrons. The maximum Gasteiger partial charge on any atom is 0.161 e. The highest BCUT2D eigenvalue weighted by Gasteiger charge is 2.27. The van der Waals surface area contributed by atoms with E-state index in [2.05, 4.69) is 24.0 Å². The monoisotopic (exact) mass is 290 g/mol. The summed E-state index contributed by atoms with van der Waals surface area (Å²) in [6.45, 7) is 5.52. The van der Waals surface area contributed by atoms with Gasteiger partial charge in [-0.3, -0.25) is 4.90 Å². The fraction of sp³-hybridized carbons (Fsp3) is 0.647. The number of nitrogens with zero attached hydrogens (tertiary/aromatic N) is 1. The van der Waals surface area contributed by atoms with Gasteiger partial charge in [-0.1, -0.05) is 12.5 Å². The van der Waals surface area contributed by atoms with Crippen LogP contribution < -0.4 is 15.2 Å². The fourth-order valence-electron chi connectivity index (χ4n) is 3.55. The van der Waals surface area contributed by atoms with Gasteiger partial charge in [0.15, 0.2) is 11.5 Å². The molecule has 0 radical (unpaired) electrons. The normalized spacial score (nSPS) is 23.8. The van der Waals surface area contributed by atoms with Crippen LogP contribution in [0, 0.1) is 0 Å². The van der Waals surface area contributed by atoms with E-state index in [0.29, 0.717) is 25.3 Å². The van der Waals surface area contributed by atoms with Crippen LogP contribution in [0.4, 0.5) is 0 Å². The summed E-state index contributed by atoms with van der Waals surface area (Å²) in [6, 6.07) is 7.38. The predicted molar refractivity (Wildman–Crippen MR) is 83.9 cm³/mol. The molecule has 3 rings (SSSR count). The topological polar surface area (TPSA) is 47.7 Å². The number of fused-ring (bicyclic) bond motifs is 1. The molecule has 2 atom stereocenters. The summed E-state index contributed by atoms with van der Waals surface area (Å²) in [5.41, 5.74) is 7.10. The van der Waals surface area contributed by atoms with E-state index in [1.807, 2.05) is 6.07 Å². The minimum Gasteiger partial charge on any atom is -0.486 e. The molecule has 21 heavy (non-hydrogen) atoms. The van der Waals surface area contributed by atoms with Crippen LogP contribution in [0.1, 0.15) is 44.2 Å². The van der Waals surface area contributed by atoms with Gasteiger partial charge in [-0.05, 0) is 57.0 Å². The van der Waals surface area contributed by atoms with E-state index in [1.54, 1.807) is 0 Å². The first-order chi connectivity index (χ1) is 10.3. The zero-order valence-corrected chi connectivity index (χ0v) is 12.9. The Morgan fingerprint density at radius 2 is 2.05 bits per heavy atom. The Kier molecular flexibility index (Phi) is 4.66. The number of hydrogen-bond acceptors (Lipinski definition) is 4. The van der Waals surface area contributed by atoms with Gasteiger partial charge in [0, 0.05) is 12.1 Å². The van der Waals surface area contributed by atoms with E-state index in [1.165, 1.54) is 31.4 Å². The Morgan fingerprint density at radius 1 is 1.24 bits per heavy atom. The fourth-order valence-corrected chi connectivity index (χ4v) is 3.55. The van der Waals surface area contributed by atoms with Crippen molar-refractivity contribution in [3.63, 3.8) is 0 Å². The van der Waals surface area contributed by atoms with E-state index in [4.69, 9.17) is 15.2 Å². The van der Waals surface area contributed by atoms with Crippen LogP contribution >= 0.6 is 0 Å². The van der Waals surface area contributed by atoms with Crippen LogP contribution in [0.3, 0.4) is 0 Å². The molecule has 0 aromatic heterocycles. The molecule has 0 saturated carbocycles. The van der Waals surface area contributed by atoms with Gasteiger partial charge in [-0.2, -0.15) is 0 Å². The van der Waals surface area contributed by atoms with Gasteiger partial charge in [0.05, 0.1) is 0 Å². The van der Waals surface area contributed by atoms with Gasteiger partial charge in [-0.15, -0.1) is 0 Å². The number of benzene rings is 1.